The Morgan fingerprint density at radius 3 is 2.53 bits per heavy atom. The van der Waals surface area contributed by atoms with Gasteiger partial charge in [-0.25, -0.2) is 0 Å². The highest BCUT2D eigenvalue weighted by Crippen LogP contribution is 2.36. The number of piperidine rings is 1. The molecule has 0 aliphatic carbocycles. The summed E-state index contributed by atoms with van der Waals surface area (Å²) < 4.78 is 5.84. The predicted octanol–water partition coefficient (Wildman–Crippen LogP) is 3.12. The molecule has 0 unspecified atom stereocenters. The molecule has 102 valence electrons. The van der Waals surface area contributed by atoms with Gasteiger partial charge in [-0.2, -0.15) is 0 Å². The van der Waals surface area contributed by atoms with Gasteiger partial charge < -0.3 is 14.4 Å². The van der Waals surface area contributed by atoms with Gasteiger partial charge in [0.15, 0.2) is 0 Å². The topological polar surface area (TPSA) is 36.6 Å². The number of benzene rings is 1. The summed E-state index contributed by atoms with van der Waals surface area (Å²) in [5, 5.41) is 11.9. The Hall–Kier alpha value is -1.32. The van der Waals surface area contributed by atoms with Gasteiger partial charge in [-0.3, -0.25) is 0 Å². The third-order valence-electron chi connectivity index (χ3n) is 4.24. The molecule has 0 spiro atoms. The van der Waals surface area contributed by atoms with E-state index < -0.39 is 5.60 Å². The van der Waals surface area contributed by atoms with Crippen LogP contribution in [0.4, 0.5) is 0 Å². The van der Waals surface area contributed by atoms with Crippen LogP contribution in [0.25, 0.3) is 11.0 Å². The fourth-order valence-electron chi connectivity index (χ4n) is 2.87. The van der Waals surface area contributed by atoms with Crippen molar-refractivity contribution in [2.24, 2.45) is 0 Å². The number of nitrogens with zero attached hydrogens (tertiary/aromatic N) is 1. The Balaban J connectivity index is 1.85. The molecule has 0 amide bonds. The van der Waals surface area contributed by atoms with Crippen LogP contribution in [0, 0.1) is 0 Å². The van der Waals surface area contributed by atoms with Crippen molar-refractivity contribution in [3.8, 4) is 0 Å². The lowest BCUT2D eigenvalue weighted by Gasteiger charge is -2.38. The van der Waals surface area contributed by atoms with Crippen LogP contribution in [0.15, 0.2) is 34.7 Å². The van der Waals surface area contributed by atoms with Crippen LogP contribution in [-0.4, -0.2) is 29.1 Å². The smallest absolute Gasteiger partial charge is 0.136 e. The van der Waals surface area contributed by atoms with Crippen molar-refractivity contribution in [2.45, 2.75) is 38.3 Å². The molecule has 0 atom stereocenters. The van der Waals surface area contributed by atoms with Crippen LogP contribution < -0.4 is 0 Å². The second-order valence-corrected chi connectivity index (χ2v) is 5.81. The Labute approximate surface area is 113 Å². The first kappa shape index (κ1) is 12.7. The van der Waals surface area contributed by atoms with E-state index >= 15 is 0 Å². The highest BCUT2D eigenvalue weighted by Gasteiger charge is 2.37. The van der Waals surface area contributed by atoms with Gasteiger partial charge in [-0.05, 0) is 38.8 Å². The van der Waals surface area contributed by atoms with E-state index in [1.54, 1.807) is 0 Å². The van der Waals surface area contributed by atoms with E-state index in [9.17, 15) is 5.11 Å². The summed E-state index contributed by atoms with van der Waals surface area (Å²) in [7, 11) is 0. The summed E-state index contributed by atoms with van der Waals surface area (Å²) in [4.78, 5) is 2.40. The molecule has 1 N–H and O–H groups in total. The van der Waals surface area contributed by atoms with Gasteiger partial charge in [-0.15, -0.1) is 0 Å². The Bertz CT molecular complexity index is 532. The number of fused-ring (bicyclic) bond motifs is 1. The van der Waals surface area contributed by atoms with Crippen molar-refractivity contribution in [3.05, 3.63) is 36.1 Å². The molecule has 2 aromatic rings. The van der Waals surface area contributed by atoms with E-state index in [1.807, 2.05) is 30.3 Å². The van der Waals surface area contributed by atoms with Gasteiger partial charge in [0.05, 0.1) is 0 Å². The van der Waals surface area contributed by atoms with Gasteiger partial charge >= 0.3 is 0 Å². The van der Waals surface area contributed by atoms with Gasteiger partial charge in [0.2, 0.25) is 0 Å². The maximum absolute atomic E-state index is 10.8. The van der Waals surface area contributed by atoms with Gasteiger partial charge in [0, 0.05) is 24.5 Å². The number of hydrogen-bond donors (Lipinski definition) is 1. The van der Waals surface area contributed by atoms with E-state index in [1.165, 1.54) is 0 Å². The van der Waals surface area contributed by atoms with Crippen LogP contribution in [0.5, 0.6) is 0 Å². The fourth-order valence-corrected chi connectivity index (χ4v) is 2.87. The SMILES string of the molecule is CC(C)N1CCC(O)(c2cc3ccccc3o2)CC1. The Morgan fingerprint density at radius 2 is 1.89 bits per heavy atom. The molecule has 3 heteroatoms. The van der Waals surface area contributed by atoms with E-state index in [0.29, 0.717) is 6.04 Å². The number of hydrogen-bond acceptors (Lipinski definition) is 3. The summed E-state index contributed by atoms with van der Waals surface area (Å²) in [5.74, 6) is 0.720. The van der Waals surface area contributed by atoms with Crippen molar-refractivity contribution >= 4 is 11.0 Å². The van der Waals surface area contributed by atoms with Crippen molar-refractivity contribution in [1.29, 1.82) is 0 Å². The standard InChI is InChI=1S/C16H21NO2/c1-12(2)17-9-7-16(18,8-10-17)15-11-13-5-3-4-6-14(13)19-15/h3-6,11-12,18H,7-10H2,1-2H3. The molecule has 3 nitrogen and oxygen atoms in total. The molecule has 0 radical (unpaired) electrons. The molecule has 1 fully saturated rings. The molecule has 3 rings (SSSR count). The zero-order valence-electron chi connectivity index (χ0n) is 11.6. The largest absolute Gasteiger partial charge is 0.458 e. The molecular formula is C16H21NO2. The second-order valence-electron chi connectivity index (χ2n) is 5.81. The second kappa shape index (κ2) is 4.66. The maximum Gasteiger partial charge on any atom is 0.136 e. The minimum atomic E-state index is -0.801. The van der Waals surface area contributed by atoms with Crippen molar-refractivity contribution in [1.82, 2.24) is 4.90 Å². The van der Waals surface area contributed by atoms with Crippen LogP contribution in [0.2, 0.25) is 0 Å². The number of furan rings is 1. The quantitative estimate of drug-likeness (QED) is 0.900. The predicted molar refractivity (Wildman–Crippen MR) is 76.1 cm³/mol. The lowest BCUT2D eigenvalue weighted by Crippen LogP contribution is -2.45. The van der Waals surface area contributed by atoms with Gasteiger partial charge in [0.25, 0.3) is 0 Å². The summed E-state index contributed by atoms with van der Waals surface area (Å²) in [6.07, 6.45) is 1.48. The lowest BCUT2D eigenvalue weighted by molar-refractivity contribution is -0.0467. The van der Waals surface area contributed by atoms with Crippen molar-refractivity contribution in [3.63, 3.8) is 0 Å². The van der Waals surface area contributed by atoms with Crippen LogP contribution in [0.3, 0.4) is 0 Å². The Kier molecular flexibility index (Phi) is 3.11. The zero-order chi connectivity index (χ0) is 13.5. The summed E-state index contributed by atoms with van der Waals surface area (Å²) >= 11 is 0. The third kappa shape index (κ3) is 2.28. The van der Waals surface area contributed by atoms with Crippen LogP contribution >= 0.6 is 0 Å². The number of aliphatic hydroxyl groups is 1. The molecule has 19 heavy (non-hydrogen) atoms. The van der Waals surface area contributed by atoms with Gasteiger partial charge in [0.1, 0.15) is 16.9 Å². The third-order valence-corrected chi connectivity index (χ3v) is 4.24. The van der Waals surface area contributed by atoms with Gasteiger partial charge in [-0.1, -0.05) is 18.2 Å². The fraction of sp³-hybridized carbons (Fsp3) is 0.500. The minimum absolute atomic E-state index is 0.542. The molecule has 0 bridgehead atoms. The summed E-state index contributed by atoms with van der Waals surface area (Å²) in [6.45, 7) is 6.24. The molecule has 1 saturated heterocycles. The summed E-state index contributed by atoms with van der Waals surface area (Å²) in [5.41, 5.74) is 0.0574. The molecular weight excluding hydrogens is 238 g/mol. The molecule has 0 saturated carbocycles. The highest BCUT2D eigenvalue weighted by atomic mass is 16.4. The van der Waals surface area contributed by atoms with E-state index in [2.05, 4.69) is 18.7 Å². The Morgan fingerprint density at radius 1 is 1.21 bits per heavy atom. The first-order valence-corrected chi connectivity index (χ1v) is 7.04. The normalized spacial score (nSPS) is 20.2. The summed E-state index contributed by atoms with van der Waals surface area (Å²) in [6, 6.07) is 10.5. The van der Waals surface area contributed by atoms with Crippen LogP contribution in [0.1, 0.15) is 32.4 Å². The minimum Gasteiger partial charge on any atom is -0.458 e. The van der Waals surface area contributed by atoms with E-state index in [-0.39, 0.29) is 0 Å². The average Bonchev–Trinajstić information content (AvgIpc) is 2.83. The van der Waals surface area contributed by atoms with Crippen LogP contribution in [-0.2, 0) is 5.60 Å². The average molecular weight is 259 g/mol. The van der Waals surface area contributed by atoms with Crippen molar-refractivity contribution < 1.29 is 9.52 Å². The first-order valence-electron chi connectivity index (χ1n) is 7.04. The number of rotatable bonds is 2. The lowest BCUT2D eigenvalue weighted by atomic mass is 9.88. The highest BCUT2D eigenvalue weighted by molar-refractivity contribution is 5.77. The molecule has 1 aromatic heterocycles. The monoisotopic (exact) mass is 259 g/mol. The molecule has 2 heterocycles. The van der Waals surface area contributed by atoms with E-state index in [0.717, 1.165) is 42.7 Å². The molecule has 1 aliphatic rings. The maximum atomic E-state index is 10.8. The van der Waals surface area contributed by atoms with Crippen molar-refractivity contribution in [2.75, 3.05) is 13.1 Å². The number of para-hydroxylation sites is 1. The first-order chi connectivity index (χ1) is 9.08. The molecule has 1 aliphatic heterocycles. The molecule has 1 aromatic carbocycles. The number of likely N-dealkylation sites (tertiary alicyclic amines) is 1. The van der Waals surface area contributed by atoms with E-state index in [4.69, 9.17) is 4.42 Å². The zero-order valence-corrected chi connectivity index (χ0v) is 11.6.